The Labute approximate surface area is 106 Å². The van der Waals surface area contributed by atoms with Crippen LogP contribution in [-0.2, 0) is 0 Å². The molecule has 1 atom stereocenters. The molecule has 1 N–H and O–H groups in total. The van der Waals surface area contributed by atoms with E-state index < -0.39 is 18.9 Å². The predicted molar refractivity (Wildman–Crippen MR) is 63.3 cm³/mol. The summed E-state index contributed by atoms with van der Waals surface area (Å²) in [7, 11) is 0. The van der Waals surface area contributed by atoms with Crippen molar-refractivity contribution < 1.29 is 17.6 Å². The van der Waals surface area contributed by atoms with E-state index in [1.54, 1.807) is 0 Å². The van der Waals surface area contributed by atoms with Crippen molar-refractivity contribution in [2.45, 2.75) is 45.1 Å². The van der Waals surface area contributed by atoms with Gasteiger partial charge in [0.1, 0.15) is 0 Å². The first-order valence-electron chi connectivity index (χ1n) is 6.23. The van der Waals surface area contributed by atoms with Gasteiger partial charge >= 0.3 is 12.3 Å². The molecule has 0 radical (unpaired) electrons. The SMILES string of the molecule is CC(C)(C)NCC1CCN(CC(F)(F)C(F)F)C1. The van der Waals surface area contributed by atoms with Gasteiger partial charge in [0.05, 0.1) is 6.54 Å². The maximum absolute atomic E-state index is 12.9. The molecule has 1 saturated heterocycles. The first kappa shape index (κ1) is 15.7. The molecule has 0 saturated carbocycles. The smallest absolute Gasteiger partial charge is 0.312 e. The van der Waals surface area contributed by atoms with Crippen LogP contribution >= 0.6 is 0 Å². The van der Waals surface area contributed by atoms with Gasteiger partial charge in [0.25, 0.3) is 0 Å². The number of alkyl halides is 4. The van der Waals surface area contributed by atoms with Crippen molar-refractivity contribution in [3.8, 4) is 0 Å². The summed E-state index contributed by atoms with van der Waals surface area (Å²) >= 11 is 0. The highest BCUT2D eigenvalue weighted by atomic mass is 19.3. The van der Waals surface area contributed by atoms with E-state index in [0.717, 1.165) is 13.0 Å². The summed E-state index contributed by atoms with van der Waals surface area (Å²) in [5, 5.41) is 3.31. The summed E-state index contributed by atoms with van der Waals surface area (Å²) in [6, 6.07) is 0. The molecule has 1 aliphatic rings. The van der Waals surface area contributed by atoms with Gasteiger partial charge < -0.3 is 5.32 Å². The minimum absolute atomic E-state index is 0.0136. The molecular formula is C12H22F4N2. The van der Waals surface area contributed by atoms with Crippen molar-refractivity contribution >= 4 is 0 Å². The summed E-state index contributed by atoms with van der Waals surface area (Å²) in [5.74, 6) is -3.63. The molecule has 0 spiro atoms. The fourth-order valence-electron chi connectivity index (χ4n) is 2.04. The highest BCUT2D eigenvalue weighted by molar-refractivity contribution is 4.84. The molecule has 1 rings (SSSR count). The van der Waals surface area contributed by atoms with E-state index in [1.807, 2.05) is 20.8 Å². The zero-order chi connectivity index (χ0) is 14.0. The highest BCUT2D eigenvalue weighted by Gasteiger charge is 2.43. The second kappa shape index (κ2) is 5.74. The van der Waals surface area contributed by atoms with Gasteiger partial charge in [-0.25, -0.2) is 8.78 Å². The van der Waals surface area contributed by atoms with E-state index in [2.05, 4.69) is 5.32 Å². The molecule has 1 heterocycles. The Morgan fingerprint density at radius 1 is 1.28 bits per heavy atom. The number of likely N-dealkylation sites (tertiary alicyclic amines) is 1. The van der Waals surface area contributed by atoms with Crippen LogP contribution in [0.3, 0.4) is 0 Å². The minimum Gasteiger partial charge on any atom is -0.312 e. The van der Waals surface area contributed by atoms with E-state index >= 15 is 0 Å². The van der Waals surface area contributed by atoms with Crippen LogP contribution in [0, 0.1) is 5.92 Å². The molecule has 0 aromatic rings. The van der Waals surface area contributed by atoms with Gasteiger partial charge in [0.2, 0.25) is 0 Å². The van der Waals surface area contributed by atoms with Gasteiger partial charge in [-0.05, 0) is 46.2 Å². The number of halogens is 4. The highest BCUT2D eigenvalue weighted by Crippen LogP contribution is 2.27. The minimum atomic E-state index is -3.90. The number of hydrogen-bond acceptors (Lipinski definition) is 2. The van der Waals surface area contributed by atoms with Crippen LogP contribution in [0.4, 0.5) is 17.6 Å². The van der Waals surface area contributed by atoms with Crippen molar-refractivity contribution in [1.82, 2.24) is 10.2 Å². The summed E-state index contributed by atoms with van der Waals surface area (Å²) < 4.78 is 49.9. The first-order chi connectivity index (χ1) is 8.10. The van der Waals surface area contributed by atoms with Crippen LogP contribution in [0.1, 0.15) is 27.2 Å². The van der Waals surface area contributed by atoms with E-state index in [4.69, 9.17) is 0 Å². The van der Waals surface area contributed by atoms with Gasteiger partial charge in [0.15, 0.2) is 0 Å². The average Bonchev–Trinajstić information content (AvgIpc) is 2.60. The lowest BCUT2D eigenvalue weighted by molar-refractivity contribution is -0.140. The summed E-state index contributed by atoms with van der Waals surface area (Å²) in [5.41, 5.74) is -0.0136. The van der Waals surface area contributed by atoms with E-state index in [-0.39, 0.29) is 11.5 Å². The third kappa shape index (κ3) is 5.10. The Kier molecular flexibility index (Phi) is 5.00. The summed E-state index contributed by atoms with van der Waals surface area (Å²) in [4.78, 5) is 1.43. The molecule has 18 heavy (non-hydrogen) atoms. The van der Waals surface area contributed by atoms with Crippen molar-refractivity contribution in [2.24, 2.45) is 5.92 Å². The van der Waals surface area contributed by atoms with Gasteiger partial charge in [-0.2, -0.15) is 8.78 Å². The standard InChI is InChI=1S/C12H22F4N2/c1-11(2,3)17-6-9-4-5-18(7-9)8-12(15,16)10(13)14/h9-10,17H,4-8H2,1-3H3. The first-order valence-corrected chi connectivity index (χ1v) is 6.23. The monoisotopic (exact) mass is 270 g/mol. The molecule has 0 amide bonds. The predicted octanol–water partition coefficient (Wildman–Crippen LogP) is 2.60. The molecule has 0 aliphatic carbocycles. The lowest BCUT2D eigenvalue weighted by Gasteiger charge is -2.25. The van der Waals surface area contributed by atoms with Gasteiger partial charge in [0, 0.05) is 12.1 Å². The van der Waals surface area contributed by atoms with Crippen LogP contribution in [-0.4, -0.2) is 49.0 Å². The maximum atomic E-state index is 12.9. The molecule has 6 heteroatoms. The van der Waals surface area contributed by atoms with E-state index in [9.17, 15) is 17.6 Å². The number of rotatable bonds is 5. The summed E-state index contributed by atoms with van der Waals surface area (Å²) in [6.45, 7) is 6.93. The lowest BCUT2D eigenvalue weighted by Crippen LogP contribution is -2.42. The van der Waals surface area contributed by atoms with Crippen molar-refractivity contribution in [3.63, 3.8) is 0 Å². The number of nitrogens with zero attached hydrogens (tertiary/aromatic N) is 1. The maximum Gasteiger partial charge on any atom is 0.319 e. The topological polar surface area (TPSA) is 15.3 Å². The Morgan fingerprint density at radius 2 is 1.89 bits per heavy atom. The Bertz CT molecular complexity index is 263. The molecule has 0 bridgehead atoms. The average molecular weight is 270 g/mol. The second-order valence-electron chi connectivity index (χ2n) is 6.08. The zero-order valence-electron chi connectivity index (χ0n) is 11.1. The van der Waals surface area contributed by atoms with Crippen molar-refractivity contribution in [3.05, 3.63) is 0 Å². The third-order valence-corrected chi connectivity index (χ3v) is 3.04. The molecule has 0 aromatic carbocycles. The molecule has 1 fully saturated rings. The quantitative estimate of drug-likeness (QED) is 0.773. The Hall–Kier alpha value is -0.360. The zero-order valence-corrected chi connectivity index (χ0v) is 11.1. The second-order valence-corrected chi connectivity index (χ2v) is 6.08. The van der Waals surface area contributed by atoms with E-state index in [0.29, 0.717) is 13.1 Å². The normalized spacial score (nSPS) is 23.0. The molecule has 108 valence electrons. The van der Waals surface area contributed by atoms with Crippen LogP contribution in [0.5, 0.6) is 0 Å². The van der Waals surface area contributed by atoms with Crippen molar-refractivity contribution in [1.29, 1.82) is 0 Å². The summed E-state index contributed by atoms with van der Waals surface area (Å²) in [6.07, 6.45) is -2.80. The lowest BCUT2D eigenvalue weighted by atomic mass is 10.1. The van der Waals surface area contributed by atoms with Crippen LogP contribution in [0.2, 0.25) is 0 Å². The molecule has 1 unspecified atom stereocenters. The fraction of sp³-hybridized carbons (Fsp3) is 1.00. The van der Waals surface area contributed by atoms with Gasteiger partial charge in [-0.1, -0.05) is 0 Å². The number of hydrogen-bond donors (Lipinski definition) is 1. The largest absolute Gasteiger partial charge is 0.319 e. The van der Waals surface area contributed by atoms with Gasteiger partial charge in [-0.15, -0.1) is 0 Å². The molecule has 1 aliphatic heterocycles. The van der Waals surface area contributed by atoms with Crippen molar-refractivity contribution in [2.75, 3.05) is 26.2 Å². The van der Waals surface area contributed by atoms with E-state index in [1.165, 1.54) is 4.90 Å². The van der Waals surface area contributed by atoms with Crippen LogP contribution in [0.25, 0.3) is 0 Å². The Morgan fingerprint density at radius 3 is 2.39 bits per heavy atom. The number of nitrogens with one attached hydrogen (secondary N) is 1. The van der Waals surface area contributed by atoms with Gasteiger partial charge in [-0.3, -0.25) is 4.90 Å². The Balaban J connectivity index is 2.33. The molecular weight excluding hydrogens is 248 g/mol. The van der Waals surface area contributed by atoms with Crippen LogP contribution in [0.15, 0.2) is 0 Å². The fourth-order valence-corrected chi connectivity index (χ4v) is 2.04. The van der Waals surface area contributed by atoms with Crippen LogP contribution < -0.4 is 5.32 Å². The molecule has 0 aromatic heterocycles. The molecule has 2 nitrogen and oxygen atoms in total. The third-order valence-electron chi connectivity index (χ3n) is 3.04.